The summed E-state index contributed by atoms with van der Waals surface area (Å²) in [6, 6.07) is 0. The van der Waals surface area contributed by atoms with Gasteiger partial charge in [0.2, 0.25) is 0 Å². The van der Waals surface area contributed by atoms with Gasteiger partial charge < -0.3 is 33.8 Å². The molecule has 10 heteroatoms. The van der Waals surface area contributed by atoms with Gasteiger partial charge in [-0.15, -0.1) is 48.0 Å². The number of alkyl halides is 2. The average Bonchev–Trinajstić information content (AvgIpc) is 2.53. The third-order valence-electron chi connectivity index (χ3n) is 6.02. The highest BCUT2D eigenvalue weighted by Crippen LogP contribution is 2.15. The molecule has 0 aromatic rings. The summed E-state index contributed by atoms with van der Waals surface area (Å²) in [7, 11) is 4.88. The Balaban J connectivity index is -0.00000144. The Kier molecular flexibility index (Phi) is 20.1. The van der Waals surface area contributed by atoms with Gasteiger partial charge in [0.05, 0.1) is 53.4 Å². The van der Waals surface area contributed by atoms with Crippen LogP contribution in [0.1, 0.15) is 6.42 Å². The fraction of sp³-hybridized carbons (Fsp3) is 1.00. The van der Waals surface area contributed by atoms with Crippen molar-refractivity contribution in [2.45, 2.75) is 6.42 Å². The summed E-state index contributed by atoms with van der Waals surface area (Å²) in [5.41, 5.74) is 0. The smallest absolute Gasteiger partial charge is 0.0914 e. The zero-order valence-corrected chi connectivity index (χ0v) is 21.4. The second-order valence-electron chi connectivity index (χ2n) is 8.00. The molecule has 2 heterocycles. The molecule has 0 spiro atoms. The summed E-state index contributed by atoms with van der Waals surface area (Å²) < 4.78 is 2.49. The van der Waals surface area contributed by atoms with E-state index in [1.165, 1.54) is 80.8 Å². The van der Waals surface area contributed by atoms with E-state index in [0.29, 0.717) is 0 Å². The first-order valence-electron chi connectivity index (χ1n) is 9.22. The first-order valence-corrected chi connectivity index (χ1v) is 10.3. The molecule has 0 atom stereocenters. The predicted octanol–water partition coefficient (Wildman–Crippen LogP) is -3.77. The Morgan fingerprint density at radius 3 is 1.22 bits per heavy atom. The minimum atomic E-state index is 0. The molecule has 0 N–H and O–H groups in total. The van der Waals surface area contributed by atoms with Crippen LogP contribution in [-0.2, 0) is 0 Å². The van der Waals surface area contributed by atoms with Crippen LogP contribution in [-0.4, -0.2) is 123 Å². The molecule has 0 radical (unpaired) electrons. The first-order chi connectivity index (χ1) is 11.0. The highest BCUT2D eigenvalue weighted by atomic mass is 35.5. The molecular weight excluding hydrogens is 473 g/mol. The van der Waals surface area contributed by atoms with E-state index in [4.69, 9.17) is 23.2 Å². The molecule has 2 rings (SSSR count). The fourth-order valence-electron chi connectivity index (χ4n) is 3.95. The van der Waals surface area contributed by atoms with E-state index in [9.17, 15) is 0 Å². The van der Waals surface area contributed by atoms with E-state index in [1.807, 2.05) is 0 Å². The Labute approximate surface area is 201 Å². The molecule has 0 bridgehead atoms. The van der Waals surface area contributed by atoms with E-state index in [0.717, 1.165) is 24.8 Å². The van der Waals surface area contributed by atoms with Gasteiger partial charge in [-0.2, -0.15) is 0 Å². The van der Waals surface area contributed by atoms with Crippen molar-refractivity contribution in [1.29, 1.82) is 0 Å². The first kappa shape index (κ1) is 33.2. The van der Waals surface area contributed by atoms with Crippen molar-refractivity contribution in [2.24, 2.45) is 0 Å². The van der Waals surface area contributed by atoms with Gasteiger partial charge in [-0.25, -0.2) is 0 Å². The van der Waals surface area contributed by atoms with Gasteiger partial charge in [0.15, 0.2) is 0 Å². The molecule has 4 nitrogen and oxygen atoms in total. The molecule has 0 unspecified atom stereocenters. The van der Waals surface area contributed by atoms with Crippen LogP contribution in [0.15, 0.2) is 0 Å². The van der Waals surface area contributed by atoms with Gasteiger partial charge >= 0.3 is 0 Å². The molecule has 168 valence electrons. The number of halogens is 6. The highest BCUT2D eigenvalue weighted by molar-refractivity contribution is 6.18. The molecule has 0 aliphatic carbocycles. The second-order valence-corrected chi connectivity index (χ2v) is 8.75. The van der Waals surface area contributed by atoms with Crippen LogP contribution >= 0.6 is 48.0 Å². The number of hydrogen-bond acceptors (Lipinski definition) is 2. The van der Waals surface area contributed by atoms with Crippen LogP contribution in [0.4, 0.5) is 0 Å². The van der Waals surface area contributed by atoms with E-state index in [1.54, 1.807) is 0 Å². The number of nitrogens with zero attached hydrogens (tertiary/aromatic N) is 4. The van der Waals surface area contributed by atoms with Crippen LogP contribution in [0.3, 0.4) is 0 Å². The van der Waals surface area contributed by atoms with Crippen LogP contribution in [0.25, 0.3) is 0 Å². The molecule has 2 fully saturated rings. The normalized spacial score (nSPS) is 21.8. The van der Waals surface area contributed by atoms with Crippen LogP contribution in [0.5, 0.6) is 0 Å². The lowest BCUT2D eigenvalue weighted by atomic mass is 10.2. The summed E-state index contributed by atoms with van der Waals surface area (Å²) in [6.45, 7) is 14.7. The Hall–Kier alpha value is 1.58. The number of rotatable bonds is 8. The molecule has 0 amide bonds. The number of piperazine rings is 2. The second kappa shape index (κ2) is 16.3. The SMILES string of the molecule is C[N+]1(CCC[N+]2(C)CCN(CCCl)CC2)CCN(CCCl)CC1.Cl.Cl.[Cl-].[Cl-]. The van der Waals surface area contributed by atoms with Crippen molar-refractivity contribution in [2.75, 3.05) is 104 Å². The zero-order chi connectivity index (χ0) is 16.8. The van der Waals surface area contributed by atoms with Gasteiger partial charge in [-0.3, -0.25) is 9.80 Å². The van der Waals surface area contributed by atoms with Crippen molar-refractivity contribution in [1.82, 2.24) is 9.80 Å². The maximum Gasteiger partial charge on any atom is 0.0914 e. The Bertz CT molecular complexity index is 316. The van der Waals surface area contributed by atoms with Gasteiger partial charge in [-0.1, -0.05) is 0 Å². The van der Waals surface area contributed by atoms with Crippen LogP contribution < -0.4 is 24.8 Å². The largest absolute Gasteiger partial charge is 1.00 e. The van der Waals surface area contributed by atoms with E-state index >= 15 is 0 Å². The monoisotopic (exact) mass is 508 g/mol. The van der Waals surface area contributed by atoms with Crippen LogP contribution in [0, 0.1) is 0 Å². The highest BCUT2D eigenvalue weighted by Gasteiger charge is 2.31. The average molecular weight is 511 g/mol. The summed E-state index contributed by atoms with van der Waals surface area (Å²) in [4.78, 5) is 5.02. The number of quaternary nitrogens is 2. The minimum Gasteiger partial charge on any atom is -1.00 e. The summed E-state index contributed by atoms with van der Waals surface area (Å²) >= 11 is 11.7. The van der Waals surface area contributed by atoms with Crippen molar-refractivity contribution >= 4 is 48.0 Å². The van der Waals surface area contributed by atoms with Crippen molar-refractivity contribution in [3.8, 4) is 0 Å². The molecular formula is C17H38Cl6N4. The molecule has 2 aliphatic heterocycles. The van der Waals surface area contributed by atoms with E-state index in [-0.39, 0.29) is 49.6 Å². The molecule has 0 aromatic heterocycles. The lowest BCUT2D eigenvalue weighted by molar-refractivity contribution is -0.931. The van der Waals surface area contributed by atoms with Crippen LogP contribution in [0.2, 0.25) is 0 Å². The maximum atomic E-state index is 5.86. The lowest BCUT2D eigenvalue weighted by Crippen LogP contribution is -3.00. The minimum absolute atomic E-state index is 0. The topological polar surface area (TPSA) is 6.48 Å². The third kappa shape index (κ3) is 11.5. The molecule has 0 saturated carbocycles. The number of likely N-dealkylation sites (N-methyl/N-ethyl adjacent to an activating group) is 2. The van der Waals surface area contributed by atoms with Gasteiger partial charge in [0.1, 0.15) is 0 Å². The standard InChI is InChI=1S/C17H36Cl2N4.4ClH/c1-22(14-8-20(6-4-18)9-15-22)12-3-13-23(2)16-10-21(7-5-19)11-17-23;;;;/h3-17H2,1-2H3;4*1H/q+2;;;;/p-2. The zero-order valence-electron chi connectivity index (χ0n) is 16.7. The summed E-state index contributed by atoms with van der Waals surface area (Å²) in [6.07, 6.45) is 1.35. The lowest BCUT2D eigenvalue weighted by Gasteiger charge is -2.44. The van der Waals surface area contributed by atoms with Gasteiger partial charge in [-0.05, 0) is 0 Å². The fourth-order valence-corrected chi connectivity index (χ4v) is 4.42. The van der Waals surface area contributed by atoms with Crippen molar-refractivity contribution in [3.63, 3.8) is 0 Å². The Morgan fingerprint density at radius 2 is 0.963 bits per heavy atom. The number of hydrogen-bond donors (Lipinski definition) is 0. The predicted molar refractivity (Wildman–Crippen MR) is 115 cm³/mol. The van der Waals surface area contributed by atoms with Crippen molar-refractivity contribution < 1.29 is 33.8 Å². The van der Waals surface area contributed by atoms with E-state index < -0.39 is 0 Å². The quantitative estimate of drug-likeness (QED) is 0.244. The molecule has 2 aliphatic rings. The van der Waals surface area contributed by atoms with Crippen molar-refractivity contribution in [3.05, 3.63) is 0 Å². The summed E-state index contributed by atoms with van der Waals surface area (Å²) in [5.74, 6) is 1.53. The molecule has 27 heavy (non-hydrogen) atoms. The van der Waals surface area contributed by atoms with Gasteiger partial charge in [0, 0.05) is 57.4 Å². The molecule has 0 aromatic carbocycles. The molecule has 2 saturated heterocycles. The van der Waals surface area contributed by atoms with E-state index in [2.05, 4.69) is 23.9 Å². The summed E-state index contributed by atoms with van der Waals surface area (Å²) in [5, 5.41) is 0. The maximum absolute atomic E-state index is 5.86. The van der Waals surface area contributed by atoms with Gasteiger partial charge in [0.25, 0.3) is 0 Å². The third-order valence-corrected chi connectivity index (χ3v) is 6.36. The Morgan fingerprint density at radius 1 is 0.667 bits per heavy atom.